The van der Waals surface area contributed by atoms with Gasteiger partial charge in [-0.2, -0.15) is 0 Å². The van der Waals surface area contributed by atoms with Crippen LogP contribution in [-0.4, -0.2) is 63.1 Å². The van der Waals surface area contributed by atoms with Crippen molar-refractivity contribution >= 4 is 0 Å². The molecule has 0 aliphatic rings. The lowest BCUT2D eigenvalue weighted by Gasteiger charge is -2.05. The second-order valence-corrected chi connectivity index (χ2v) is 2.99. The molecule has 0 heterocycles. The van der Waals surface area contributed by atoms with Crippen molar-refractivity contribution in [3.63, 3.8) is 0 Å². The van der Waals surface area contributed by atoms with Gasteiger partial charge in [-0.05, 0) is 12.8 Å². The first kappa shape index (κ1) is 14.8. The third-order valence-corrected chi connectivity index (χ3v) is 1.63. The summed E-state index contributed by atoms with van der Waals surface area (Å²) < 4.78 is 15.4. The number of hydrogen-bond donors (Lipinski definition) is 2. The Morgan fingerprint density at radius 3 is 1.20 bits per heavy atom. The van der Waals surface area contributed by atoms with E-state index in [0.717, 1.165) is 12.8 Å². The molecule has 0 amide bonds. The Morgan fingerprint density at radius 1 is 0.533 bits per heavy atom. The average Bonchev–Trinajstić information content (AvgIpc) is 2.26. The molecule has 0 saturated carbocycles. The van der Waals surface area contributed by atoms with Crippen LogP contribution in [0.1, 0.15) is 12.8 Å². The van der Waals surface area contributed by atoms with E-state index < -0.39 is 0 Å². The third-order valence-electron chi connectivity index (χ3n) is 1.63. The van der Waals surface area contributed by atoms with Crippen molar-refractivity contribution in [3.8, 4) is 0 Å². The maximum atomic E-state index is 8.42. The number of aliphatic hydroxyl groups excluding tert-OH is 2. The van der Waals surface area contributed by atoms with E-state index in [2.05, 4.69) is 0 Å². The fourth-order valence-electron chi connectivity index (χ4n) is 0.961. The van der Waals surface area contributed by atoms with Gasteiger partial charge in [0.25, 0.3) is 0 Å². The minimum atomic E-state index is 0.0725. The minimum absolute atomic E-state index is 0.0725. The SMILES string of the molecule is OCCOCCCOCCCOCCO. The highest BCUT2D eigenvalue weighted by Crippen LogP contribution is 1.88. The van der Waals surface area contributed by atoms with E-state index in [1.165, 1.54) is 0 Å². The van der Waals surface area contributed by atoms with Gasteiger partial charge in [-0.15, -0.1) is 0 Å². The highest BCUT2D eigenvalue weighted by Gasteiger charge is 1.91. The molecule has 15 heavy (non-hydrogen) atoms. The summed E-state index contributed by atoms with van der Waals surface area (Å²) in [6.07, 6.45) is 1.69. The van der Waals surface area contributed by atoms with E-state index in [-0.39, 0.29) is 13.2 Å². The molecule has 0 aliphatic carbocycles. The van der Waals surface area contributed by atoms with Crippen LogP contribution < -0.4 is 0 Å². The Labute approximate surface area is 91.0 Å². The molecule has 0 aromatic carbocycles. The van der Waals surface area contributed by atoms with Crippen LogP contribution >= 0.6 is 0 Å². The zero-order valence-corrected chi connectivity index (χ0v) is 9.19. The molecule has 0 rings (SSSR count). The van der Waals surface area contributed by atoms with Crippen LogP contribution in [0, 0.1) is 0 Å². The average molecular weight is 222 g/mol. The molecule has 0 atom stereocenters. The van der Waals surface area contributed by atoms with Gasteiger partial charge in [0.2, 0.25) is 0 Å². The molecule has 5 heteroatoms. The minimum Gasteiger partial charge on any atom is -0.394 e. The van der Waals surface area contributed by atoms with Gasteiger partial charge < -0.3 is 24.4 Å². The summed E-state index contributed by atoms with van der Waals surface area (Å²) in [7, 11) is 0. The Bertz CT molecular complexity index is 98.0. The van der Waals surface area contributed by atoms with E-state index in [1.807, 2.05) is 0 Å². The summed E-state index contributed by atoms with van der Waals surface area (Å²) in [6.45, 7) is 3.54. The number of rotatable bonds is 12. The van der Waals surface area contributed by atoms with Crippen molar-refractivity contribution < 1.29 is 24.4 Å². The van der Waals surface area contributed by atoms with E-state index in [0.29, 0.717) is 39.6 Å². The van der Waals surface area contributed by atoms with Gasteiger partial charge in [-0.3, -0.25) is 0 Å². The predicted molar refractivity (Wildman–Crippen MR) is 55.9 cm³/mol. The molecular weight excluding hydrogens is 200 g/mol. The topological polar surface area (TPSA) is 68.2 Å². The Kier molecular flexibility index (Phi) is 13.6. The molecule has 0 aliphatic heterocycles. The highest BCUT2D eigenvalue weighted by atomic mass is 16.5. The van der Waals surface area contributed by atoms with Crippen LogP contribution in [0.5, 0.6) is 0 Å². The van der Waals surface area contributed by atoms with Crippen LogP contribution in [0.25, 0.3) is 0 Å². The molecule has 0 radical (unpaired) electrons. The van der Waals surface area contributed by atoms with Crippen molar-refractivity contribution in [2.75, 3.05) is 52.9 Å². The second kappa shape index (κ2) is 13.8. The van der Waals surface area contributed by atoms with Crippen molar-refractivity contribution in [2.24, 2.45) is 0 Å². The third kappa shape index (κ3) is 13.8. The summed E-state index contributed by atoms with van der Waals surface area (Å²) in [5.74, 6) is 0. The molecule has 92 valence electrons. The van der Waals surface area contributed by atoms with Crippen molar-refractivity contribution in [2.45, 2.75) is 12.8 Å². The summed E-state index contributed by atoms with van der Waals surface area (Å²) in [6, 6.07) is 0. The van der Waals surface area contributed by atoms with Gasteiger partial charge in [0.05, 0.1) is 26.4 Å². The maximum absolute atomic E-state index is 8.42. The lowest BCUT2D eigenvalue weighted by atomic mass is 10.4. The fraction of sp³-hybridized carbons (Fsp3) is 1.00. The van der Waals surface area contributed by atoms with Crippen LogP contribution in [0.15, 0.2) is 0 Å². The lowest BCUT2D eigenvalue weighted by molar-refractivity contribution is 0.0473. The predicted octanol–water partition coefficient (Wildman–Crippen LogP) is -0.199. The summed E-state index contributed by atoms with van der Waals surface area (Å²) in [5, 5.41) is 16.8. The van der Waals surface area contributed by atoms with Gasteiger partial charge in [0.1, 0.15) is 0 Å². The first-order chi connectivity index (χ1) is 7.41. The van der Waals surface area contributed by atoms with Crippen LogP contribution in [0.3, 0.4) is 0 Å². The molecule has 0 unspecified atom stereocenters. The van der Waals surface area contributed by atoms with Crippen molar-refractivity contribution in [1.29, 1.82) is 0 Å². The zero-order valence-electron chi connectivity index (χ0n) is 9.19. The van der Waals surface area contributed by atoms with Gasteiger partial charge >= 0.3 is 0 Å². The Morgan fingerprint density at radius 2 is 0.867 bits per heavy atom. The largest absolute Gasteiger partial charge is 0.394 e. The van der Waals surface area contributed by atoms with Gasteiger partial charge in [-0.25, -0.2) is 0 Å². The number of ether oxygens (including phenoxy) is 3. The first-order valence-corrected chi connectivity index (χ1v) is 5.36. The normalized spacial score (nSPS) is 10.8. The number of aliphatic hydroxyl groups is 2. The number of hydrogen-bond acceptors (Lipinski definition) is 5. The summed E-state index contributed by atoms with van der Waals surface area (Å²) in [5.41, 5.74) is 0. The van der Waals surface area contributed by atoms with E-state index in [4.69, 9.17) is 24.4 Å². The standard InChI is InChI=1S/C10H22O5/c11-3-9-14-7-1-5-13-6-2-8-15-10-4-12/h11-12H,1-10H2. The molecule has 0 fully saturated rings. The molecule has 5 nitrogen and oxygen atoms in total. The van der Waals surface area contributed by atoms with E-state index in [1.54, 1.807) is 0 Å². The summed E-state index contributed by atoms with van der Waals surface area (Å²) >= 11 is 0. The van der Waals surface area contributed by atoms with Crippen LogP contribution in [0.2, 0.25) is 0 Å². The van der Waals surface area contributed by atoms with Gasteiger partial charge in [-0.1, -0.05) is 0 Å². The van der Waals surface area contributed by atoms with Gasteiger partial charge in [0.15, 0.2) is 0 Å². The maximum Gasteiger partial charge on any atom is 0.0697 e. The van der Waals surface area contributed by atoms with Gasteiger partial charge in [0, 0.05) is 26.4 Å². The summed E-state index contributed by atoms with van der Waals surface area (Å²) in [4.78, 5) is 0. The fourth-order valence-corrected chi connectivity index (χ4v) is 0.961. The monoisotopic (exact) mass is 222 g/mol. The van der Waals surface area contributed by atoms with Crippen LogP contribution in [0.4, 0.5) is 0 Å². The Balaban J connectivity index is 2.81. The van der Waals surface area contributed by atoms with Crippen molar-refractivity contribution in [1.82, 2.24) is 0 Å². The quantitative estimate of drug-likeness (QED) is 0.448. The molecule has 0 saturated heterocycles. The molecule has 0 spiro atoms. The van der Waals surface area contributed by atoms with E-state index >= 15 is 0 Å². The smallest absolute Gasteiger partial charge is 0.0697 e. The van der Waals surface area contributed by atoms with Crippen molar-refractivity contribution in [3.05, 3.63) is 0 Å². The molecule has 0 aromatic rings. The molecular formula is C10H22O5. The Hall–Kier alpha value is -0.200. The first-order valence-electron chi connectivity index (χ1n) is 5.36. The highest BCUT2D eigenvalue weighted by molar-refractivity contribution is 4.38. The lowest BCUT2D eigenvalue weighted by Crippen LogP contribution is -2.07. The van der Waals surface area contributed by atoms with E-state index in [9.17, 15) is 0 Å². The molecule has 2 N–H and O–H groups in total. The second-order valence-electron chi connectivity index (χ2n) is 2.99. The van der Waals surface area contributed by atoms with Crippen LogP contribution in [-0.2, 0) is 14.2 Å². The molecule has 0 bridgehead atoms. The molecule has 0 aromatic heterocycles. The zero-order chi connectivity index (χ0) is 11.2.